The topological polar surface area (TPSA) is 122 Å². The maximum Gasteiger partial charge on any atom is 0.253 e. The number of benzene rings is 1. The van der Waals surface area contributed by atoms with Crippen LogP contribution in [0.1, 0.15) is 30.6 Å². The molecular formula is C21H24N6O2. The van der Waals surface area contributed by atoms with Gasteiger partial charge in [0.2, 0.25) is 0 Å². The number of fused-ring (bicyclic) bond motifs is 2. The minimum absolute atomic E-state index is 0. The molecule has 150 valence electrons. The number of carbonyl (C=O) groups is 1. The lowest BCUT2D eigenvalue weighted by molar-refractivity contribution is 0.0859. The number of hydrogen-bond acceptors (Lipinski definition) is 5. The molecule has 3 aromatic heterocycles. The number of rotatable bonds is 4. The smallest absolute Gasteiger partial charge is 0.253 e. The molecule has 0 spiro atoms. The number of amides is 1. The molecule has 0 radical (unpaired) electrons. The molecule has 4 heterocycles. The van der Waals surface area contributed by atoms with Gasteiger partial charge in [-0.15, -0.1) is 0 Å². The highest BCUT2D eigenvalue weighted by atomic mass is 16.5. The van der Waals surface area contributed by atoms with Crippen molar-refractivity contribution >= 4 is 33.5 Å². The summed E-state index contributed by atoms with van der Waals surface area (Å²) in [6, 6.07) is 5.72. The maximum atomic E-state index is 12.9. The number of aromatic amines is 2. The first-order valence-electron chi connectivity index (χ1n) is 9.29. The summed E-state index contributed by atoms with van der Waals surface area (Å²) in [6.45, 7) is 1.27. The van der Waals surface area contributed by atoms with E-state index >= 15 is 0 Å². The van der Waals surface area contributed by atoms with Crippen molar-refractivity contribution < 1.29 is 9.53 Å². The van der Waals surface area contributed by atoms with Gasteiger partial charge in [-0.05, 0) is 36.6 Å². The molecule has 29 heavy (non-hydrogen) atoms. The van der Waals surface area contributed by atoms with Gasteiger partial charge < -0.3 is 20.8 Å². The lowest BCUT2D eigenvalue weighted by Gasteiger charge is -2.12. The zero-order valence-electron chi connectivity index (χ0n) is 15.2. The van der Waals surface area contributed by atoms with E-state index in [9.17, 15) is 4.79 Å². The SMILES string of the molecule is C.Nc1cc2c(-c3cc(C(=O)NC[C@@H]4CCCO4)c4[nH]ncc4c3)c[nH]c2cn1. The Morgan fingerprint density at radius 2 is 2.21 bits per heavy atom. The Morgan fingerprint density at radius 1 is 1.31 bits per heavy atom. The molecule has 1 atom stereocenters. The molecule has 0 unspecified atom stereocenters. The van der Waals surface area contributed by atoms with Crippen molar-refractivity contribution in [2.24, 2.45) is 0 Å². The van der Waals surface area contributed by atoms with Gasteiger partial charge in [-0.25, -0.2) is 4.98 Å². The zero-order valence-corrected chi connectivity index (χ0v) is 15.2. The Kier molecular flexibility index (Phi) is 4.94. The highest BCUT2D eigenvalue weighted by molar-refractivity contribution is 6.08. The molecular weight excluding hydrogens is 368 g/mol. The van der Waals surface area contributed by atoms with Gasteiger partial charge in [0.25, 0.3) is 5.91 Å². The average Bonchev–Trinajstić information content (AvgIpc) is 3.44. The van der Waals surface area contributed by atoms with E-state index in [1.54, 1.807) is 12.4 Å². The predicted molar refractivity (Wildman–Crippen MR) is 114 cm³/mol. The molecule has 5 rings (SSSR count). The molecule has 8 nitrogen and oxygen atoms in total. The van der Waals surface area contributed by atoms with Crippen LogP contribution in [0.3, 0.4) is 0 Å². The number of pyridine rings is 1. The quantitative estimate of drug-likeness (QED) is 0.425. The second-order valence-corrected chi connectivity index (χ2v) is 7.06. The summed E-state index contributed by atoms with van der Waals surface area (Å²) in [7, 11) is 0. The van der Waals surface area contributed by atoms with Gasteiger partial charge in [-0.3, -0.25) is 9.89 Å². The van der Waals surface area contributed by atoms with Crippen LogP contribution in [0, 0.1) is 0 Å². The van der Waals surface area contributed by atoms with Crippen molar-refractivity contribution in [1.82, 2.24) is 25.5 Å². The van der Waals surface area contributed by atoms with Crippen LogP contribution in [0.15, 0.2) is 36.8 Å². The predicted octanol–water partition coefficient (Wildman–Crippen LogP) is 3.23. The van der Waals surface area contributed by atoms with E-state index in [1.807, 2.05) is 24.4 Å². The van der Waals surface area contributed by atoms with Crippen LogP contribution in [0.4, 0.5) is 5.82 Å². The Labute approximate surface area is 167 Å². The summed E-state index contributed by atoms with van der Waals surface area (Å²) in [5.41, 5.74) is 9.90. The monoisotopic (exact) mass is 392 g/mol. The van der Waals surface area contributed by atoms with Crippen LogP contribution < -0.4 is 11.1 Å². The number of nitrogens with zero attached hydrogens (tertiary/aromatic N) is 2. The Morgan fingerprint density at radius 3 is 3.03 bits per heavy atom. The van der Waals surface area contributed by atoms with Crippen molar-refractivity contribution in [1.29, 1.82) is 0 Å². The Balaban J connectivity index is 0.00000205. The third-order valence-electron chi connectivity index (χ3n) is 5.21. The first kappa shape index (κ1) is 18.9. The molecule has 1 aromatic carbocycles. The minimum Gasteiger partial charge on any atom is -0.384 e. The van der Waals surface area contributed by atoms with Crippen LogP contribution in [0.25, 0.3) is 32.9 Å². The number of H-pyrrole nitrogens is 2. The van der Waals surface area contributed by atoms with Gasteiger partial charge in [0.1, 0.15) is 5.82 Å². The Hall–Kier alpha value is -3.39. The Bertz CT molecular complexity index is 1170. The molecule has 1 amide bonds. The van der Waals surface area contributed by atoms with E-state index in [2.05, 4.69) is 25.5 Å². The van der Waals surface area contributed by atoms with Gasteiger partial charge >= 0.3 is 0 Å². The van der Waals surface area contributed by atoms with Crippen LogP contribution in [0.5, 0.6) is 0 Å². The summed E-state index contributed by atoms with van der Waals surface area (Å²) >= 11 is 0. The lowest BCUT2D eigenvalue weighted by Crippen LogP contribution is -2.31. The number of aromatic nitrogens is 4. The number of nitrogen functional groups attached to an aromatic ring is 1. The molecule has 1 saturated heterocycles. The van der Waals surface area contributed by atoms with Gasteiger partial charge in [0.15, 0.2) is 0 Å². The van der Waals surface area contributed by atoms with Crippen molar-refractivity contribution in [2.45, 2.75) is 26.4 Å². The van der Waals surface area contributed by atoms with Crippen LogP contribution >= 0.6 is 0 Å². The highest BCUT2D eigenvalue weighted by Crippen LogP contribution is 2.32. The van der Waals surface area contributed by atoms with Gasteiger partial charge in [-0.2, -0.15) is 5.10 Å². The number of nitrogens with two attached hydrogens (primary N) is 1. The maximum absolute atomic E-state index is 12.9. The van der Waals surface area contributed by atoms with E-state index in [4.69, 9.17) is 10.5 Å². The molecule has 5 N–H and O–H groups in total. The fraction of sp³-hybridized carbons (Fsp3) is 0.286. The van der Waals surface area contributed by atoms with Crippen LogP contribution in [-0.4, -0.2) is 45.3 Å². The molecule has 1 fully saturated rings. The van der Waals surface area contributed by atoms with E-state index in [1.165, 1.54) is 0 Å². The summed E-state index contributed by atoms with van der Waals surface area (Å²) in [4.78, 5) is 20.2. The van der Waals surface area contributed by atoms with Crippen molar-refractivity contribution in [3.8, 4) is 11.1 Å². The molecule has 0 saturated carbocycles. The molecule has 8 heteroatoms. The molecule has 4 aromatic rings. The first-order valence-corrected chi connectivity index (χ1v) is 9.29. The number of ether oxygens (including phenoxy) is 1. The van der Waals surface area contributed by atoms with Crippen molar-refractivity contribution in [2.75, 3.05) is 18.9 Å². The normalized spacial score (nSPS) is 16.2. The molecule has 1 aliphatic rings. The lowest BCUT2D eigenvalue weighted by atomic mass is 10.00. The summed E-state index contributed by atoms with van der Waals surface area (Å²) in [5.74, 6) is 0.305. The number of carbonyl (C=O) groups excluding carboxylic acids is 1. The summed E-state index contributed by atoms with van der Waals surface area (Å²) < 4.78 is 5.60. The third kappa shape index (κ3) is 3.42. The first-order chi connectivity index (χ1) is 13.7. The fourth-order valence-corrected chi connectivity index (χ4v) is 3.78. The molecule has 1 aliphatic heterocycles. The van der Waals surface area contributed by atoms with Crippen molar-refractivity contribution in [3.63, 3.8) is 0 Å². The van der Waals surface area contributed by atoms with Gasteiger partial charge in [-0.1, -0.05) is 7.43 Å². The third-order valence-corrected chi connectivity index (χ3v) is 5.21. The van der Waals surface area contributed by atoms with Gasteiger partial charge in [0.05, 0.1) is 35.1 Å². The summed E-state index contributed by atoms with van der Waals surface area (Å²) in [5, 5.41) is 11.9. The second kappa shape index (κ2) is 7.56. The highest BCUT2D eigenvalue weighted by Gasteiger charge is 2.19. The zero-order chi connectivity index (χ0) is 19.1. The summed E-state index contributed by atoms with van der Waals surface area (Å²) in [6.07, 6.45) is 7.44. The second-order valence-electron chi connectivity index (χ2n) is 7.06. The fourth-order valence-electron chi connectivity index (χ4n) is 3.78. The van der Waals surface area contributed by atoms with E-state index in [0.29, 0.717) is 17.9 Å². The number of hydrogen-bond donors (Lipinski definition) is 4. The van der Waals surface area contributed by atoms with E-state index in [-0.39, 0.29) is 19.4 Å². The van der Waals surface area contributed by atoms with E-state index < -0.39 is 0 Å². The average molecular weight is 392 g/mol. The molecule has 0 aliphatic carbocycles. The van der Waals surface area contributed by atoms with Crippen molar-refractivity contribution in [3.05, 3.63) is 42.4 Å². The number of anilines is 1. The standard InChI is InChI=1S/C20H20N6O2.CH4/c21-18-6-14-16(9-22-17(14)10-23-18)11-4-12-7-25-26-19(12)15(5-11)20(27)24-8-13-2-1-3-28-13;/h4-7,9-10,13,22H,1-3,8H2,(H2,21,23)(H,24,27)(H,25,26);1H4/t13-;/m0./s1. The minimum atomic E-state index is -0.146. The van der Waals surface area contributed by atoms with E-state index in [0.717, 1.165) is 52.4 Å². The van der Waals surface area contributed by atoms with Gasteiger partial charge in [0, 0.05) is 35.7 Å². The van der Waals surface area contributed by atoms with Crippen LogP contribution in [0.2, 0.25) is 0 Å². The number of nitrogens with one attached hydrogen (secondary N) is 3. The molecule has 0 bridgehead atoms. The largest absolute Gasteiger partial charge is 0.384 e. The van der Waals surface area contributed by atoms with Crippen LogP contribution in [-0.2, 0) is 4.74 Å².